The van der Waals surface area contributed by atoms with E-state index < -0.39 is 0 Å². The van der Waals surface area contributed by atoms with Crippen LogP contribution < -0.4 is 9.47 Å². The second-order valence-corrected chi connectivity index (χ2v) is 7.56. The van der Waals surface area contributed by atoms with Crippen LogP contribution in [0.1, 0.15) is 22.6 Å². The second-order valence-electron chi connectivity index (χ2n) is 7.56. The lowest BCUT2D eigenvalue weighted by Gasteiger charge is -2.27. The Hall–Kier alpha value is -4.39. The highest BCUT2D eigenvalue weighted by Crippen LogP contribution is 2.48. The van der Waals surface area contributed by atoms with Gasteiger partial charge in [-0.25, -0.2) is 14.5 Å². The van der Waals surface area contributed by atoms with Gasteiger partial charge in [0.15, 0.2) is 11.5 Å². The summed E-state index contributed by atoms with van der Waals surface area (Å²) in [7, 11) is 1.64. The van der Waals surface area contributed by atoms with Crippen LogP contribution in [0.4, 0.5) is 0 Å². The summed E-state index contributed by atoms with van der Waals surface area (Å²) in [5, 5.41) is 14.6. The van der Waals surface area contributed by atoms with Crippen LogP contribution in [0.2, 0.25) is 0 Å². The van der Waals surface area contributed by atoms with Crippen LogP contribution in [-0.4, -0.2) is 31.8 Å². The molecule has 0 spiro atoms. The SMILES string of the molecule is COc1ccc(-c2nc3c4c(ncn3n2)Oc2cc(O)ccc2C4c2ccccc2)cc1. The topological polar surface area (TPSA) is 81.8 Å². The second kappa shape index (κ2) is 7.09. The molecule has 0 aliphatic carbocycles. The van der Waals surface area contributed by atoms with Crippen LogP contribution in [0.25, 0.3) is 17.0 Å². The Morgan fingerprint density at radius 1 is 1.00 bits per heavy atom. The van der Waals surface area contributed by atoms with Crippen LogP contribution >= 0.6 is 0 Å². The molecule has 0 saturated heterocycles. The Balaban J connectivity index is 1.57. The van der Waals surface area contributed by atoms with Gasteiger partial charge in [-0.1, -0.05) is 36.4 Å². The first-order valence-corrected chi connectivity index (χ1v) is 10.2. The van der Waals surface area contributed by atoms with Crippen molar-refractivity contribution >= 4 is 5.65 Å². The highest BCUT2D eigenvalue weighted by molar-refractivity contribution is 5.68. The van der Waals surface area contributed by atoms with Gasteiger partial charge in [0.25, 0.3) is 0 Å². The largest absolute Gasteiger partial charge is 0.508 e. The van der Waals surface area contributed by atoms with Crippen molar-refractivity contribution in [3.63, 3.8) is 0 Å². The molecule has 0 bridgehead atoms. The van der Waals surface area contributed by atoms with Gasteiger partial charge in [0.05, 0.1) is 12.7 Å². The van der Waals surface area contributed by atoms with Gasteiger partial charge < -0.3 is 14.6 Å². The number of aromatic nitrogens is 4. The summed E-state index contributed by atoms with van der Waals surface area (Å²) in [6, 6.07) is 22.9. The molecule has 156 valence electrons. The van der Waals surface area contributed by atoms with E-state index in [1.165, 1.54) is 0 Å². The molecule has 1 N–H and O–H groups in total. The minimum Gasteiger partial charge on any atom is -0.508 e. The molecule has 7 heteroatoms. The van der Waals surface area contributed by atoms with Gasteiger partial charge in [-0.05, 0) is 35.9 Å². The molecule has 0 fully saturated rings. The molecule has 3 aromatic carbocycles. The fourth-order valence-corrected chi connectivity index (χ4v) is 4.16. The van der Waals surface area contributed by atoms with E-state index in [2.05, 4.69) is 22.2 Å². The average Bonchev–Trinajstić information content (AvgIpc) is 3.28. The number of aromatic hydroxyl groups is 1. The van der Waals surface area contributed by atoms with Crippen molar-refractivity contribution in [2.45, 2.75) is 5.92 Å². The Morgan fingerprint density at radius 3 is 2.59 bits per heavy atom. The molecule has 1 aliphatic rings. The maximum absolute atomic E-state index is 10.00. The third kappa shape index (κ3) is 2.86. The van der Waals surface area contributed by atoms with Crippen molar-refractivity contribution in [3.05, 3.63) is 95.8 Å². The molecule has 1 atom stereocenters. The molecule has 32 heavy (non-hydrogen) atoms. The summed E-state index contributed by atoms with van der Waals surface area (Å²) in [5.74, 6) is 2.38. The van der Waals surface area contributed by atoms with Crippen LogP contribution in [0.5, 0.6) is 23.1 Å². The maximum Gasteiger partial charge on any atom is 0.228 e. The lowest BCUT2D eigenvalue weighted by Crippen LogP contribution is -2.14. The van der Waals surface area contributed by atoms with Crippen LogP contribution in [0, 0.1) is 0 Å². The summed E-state index contributed by atoms with van der Waals surface area (Å²) in [5.41, 5.74) is 4.40. The highest BCUT2D eigenvalue weighted by atomic mass is 16.5. The number of phenolic OH excluding ortho intramolecular Hbond substituents is 1. The lowest BCUT2D eigenvalue weighted by atomic mass is 9.84. The van der Waals surface area contributed by atoms with Crippen molar-refractivity contribution < 1.29 is 14.6 Å². The summed E-state index contributed by atoms with van der Waals surface area (Å²) in [4.78, 5) is 9.38. The molecule has 0 amide bonds. The van der Waals surface area contributed by atoms with Gasteiger partial charge in [-0.3, -0.25) is 0 Å². The Bertz CT molecular complexity index is 1450. The molecule has 1 aliphatic heterocycles. The lowest BCUT2D eigenvalue weighted by molar-refractivity contribution is 0.415. The summed E-state index contributed by atoms with van der Waals surface area (Å²) >= 11 is 0. The molecule has 6 rings (SSSR count). The van der Waals surface area contributed by atoms with Crippen LogP contribution in [0.3, 0.4) is 0 Å². The van der Waals surface area contributed by atoms with E-state index in [0.29, 0.717) is 23.1 Å². The fourth-order valence-electron chi connectivity index (χ4n) is 4.16. The summed E-state index contributed by atoms with van der Waals surface area (Å²) < 4.78 is 13.0. The van der Waals surface area contributed by atoms with E-state index in [9.17, 15) is 5.11 Å². The first-order valence-electron chi connectivity index (χ1n) is 10.2. The smallest absolute Gasteiger partial charge is 0.228 e. The molecule has 0 saturated carbocycles. The fraction of sp³-hybridized carbons (Fsp3) is 0.0800. The Labute approximate surface area is 183 Å². The number of phenols is 1. The number of nitrogens with zero attached hydrogens (tertiary/aromatic N) is 4. The van der Waals surface area contributed by atoms with Gasteiger partial charge >= 0.3 is 0 Å². The van der Waals surface area contributed by atoms with E-state index in [1.54, 1.807) is 30.1 Å². The van der Waals surface area contributed by atoms with Crippen molar-refractivity contribution in [2.75, 3.05) is 7.11 Å². The molecule has 3 heterocycles. The minimum absolute atomic E-state index is 0.143. The Morgan fingerprint density at radius 2 is 1.81 bits per heavy atom. The van der Waals surface area contributed by atoms with Gasteiger partial charge in [0, 0.05) is 23.1 Å². The summed E-state index contributed by atoms with van der Waals surface area (Å²) in [6.07, 6.45) is 1.60. The minimum atomic E-state index is -0.167. The number of hydrogen-bond donors (Lipinski definition) is 1. The number of benzene rings is 3. The van der Waals surface area contributed by atoms with Crippen LogP contribution in [-0.2, 0) is 0 Å². The molecule has 5 aromatic rings. The zero-order chi connectivity index (χ0) is 21.7. The maximum atomic E-state index is 10.00. The van der Waals surface area contributed by atoms with Crippen LogP contribution in [0.15, 0.2) is 79.1 Å². The van der Waals surface area contributed by atoms with Crippen molar-refractivity contribution in [2.24, 2.45) is 0 Å². The number of ether oxygens (including phenoxy) is 2. The number of rotatable bonds is 3. The first-order chi connectivity index (χ1) is 15.7. The monoisotopic (exact) mass is 422 g/mol. The number of hydrogen-bond acceptors (Lipinski definition) is 6. The quantitative estimate of drug-likeness (QED) is 0.442. The molecule has 1 unspecified atom stereocenters. The predicted molar refractivity (Wildman–Crippen MR) is 118 cm³/mol. The molecule has 2 aromatic heterocycles. The van der Waals surface area contributed by atoms with Crippen molar-refractivity contribution in [1.29, 1.82) is 0 Å². The normalized spacial score (nSPS) is 14.5. The molecular formula is C25H18N4O3. The zero-order valence-electron chi connectivity index (χ0n) is 17.1. The van der Waals surface area contributed by atoms with E-state index in [1.807, 2.05) is 48.5 Å². The van der Waals surface area contributed by atoms with Crippen molar-refractivity contribution in [1.82, 2.24) is 19.6 Å². The molecular weight excluding hydrogens is 404 g/mol. The standard InChI is InChI=1S/C25H18N4O3/c1-31-18-10-7-16(8-11-18)23-27-24-22-21(15-5-3-2-4-6-15)19-12-9-17(30)13-20(19)32-25(22)26-14-29(24)28-23/h2-14,21,30H,1H3. The van der Waals surface area contributed by atoms with E-state index in [0.717, 1.165) is 28.0 Å². The van der Waals surface area contributed by atoms with Gasteiger partial charge in [0.2, 0.25) is 5.88 Å². The van der Waals surface area contributed by atoms with Gasteiger partial charge in [-0.2, -0.15) is 0 Å². The van der Waals surface area contributed by atoms with Gasteiger partial charge in [0.1, 0.15) is 23.6 Å². The number of fused-ring (bicyclic) bond motifs is 4. The molecule has 0 radical (unpaired) electrons. The third-order valence-electron chi connectivity index (χ3n) is 5.67. The highest BCUT2D eigenvalue weighted by Gasteiger charge is 2.33. The first kappa shape index (κ1) is 18.4. The Kier molecular flexibility index (Phi) is 4.07. The predicted octanol–water partition coefficient (Wildman–Crippen LogP) is 4.79. The zero-order valence-corrected chi connectivity index (χ0v) is 17.1. The summed E-state index contributed by atoms with van der Waals surface area (Å²) in [6.45, 7) is 0. The van der Waals surface area contributed by atoms with E-state index in [4.69, 9.17) is 14.5 Å². The average molecular weight is 422 g/mol. The van der Waals surface area contributed by atoms with E-state index >= 15 is 0 Å². The number of methoxy groups -OCH3 is 1. The third-order valence-corrected chi connectivity index (χ3v) is 5.67. The van der Waals surface area contributed by atoms with E-state index in [-0.39, 0.29) is 11.7 Å². The van der Waals surface area contributed by atoms with Gasteiger partial charge in [-0.15, -0.1) is 5.10 Å². The van der Waals surface area contributed by atoms with Crippen molar-refractivity contribution in [3.8, 4) is 34.5 Å². The molecule has 7 nitrogen and oxygen atoms in total.